The maximum absolute atomic E-state index is 12.7. The van der Waals surface area contributed by atoms with E-state index in [-0.39, 0.29) is 16.8 Å². The number of benzene rings is 3. The van der Waals surface area contributed by atoms with E-state index in [0.717, 1.165) is 17.5 Å². The summed E-state index contributed by atoms with van der Waals surface area (Å²) in [6.45, 7) is 3.90. The molecule has 0 aliphatic carbocycles. The van der Waals surface area contributed by atoms with Crippen molar-refractivity contribution in [3.63, 3.8) is 0 Å². The van der Waals surface area contributed by atoms with E-state index in [1.54, 1.807) is 48.5 Å². The van der Waals surface area contributed by atoms with Gasteiger partial charge in [-0.05, 0) is 49.2 Å². The summed E-state index contributed by atoms with van der Waals surface area (Å²) in [4.78, 5) is 12.9. The van der Waals surface area contributed by atoms with Gasteiger partial charge in [-0.1, -0.05) is 61.0 Å². The van der Waals surface area contributed by atoms with Crippen molar-refractivity contribution in [2.24, 2.45) is 0 Å². The van der Waals surface area contributed by atoms with Crippen molar-refractivity contribution in [2.45, 2.75) is 31.2 Å². The summed E-state index contributed by atoms with van der Waals surface area (Å²) in [7, 11) is -3.72. The van der Waals surface area contributed by atoms with Crippen molar-refractivity contribution >= 4 is 21.6 Å². The van der Waals surface area contributed by atoms with Crippen LogP contribution in [0.5, 0.6) is 0 Å². The smallest absolute Gasteiger partial charge is 0.261 e. The number of nitrogens with one attached hydrogen (secondary N) is 2. The highest BCUT2D eigenvalue weighted by atomic mass is 32.2. The molecule has 3 aromatic carbocycles. The van der Waals surface area contributed by atoms with E-state index in [9.17, 15) is 13.2 Å². The van der Waals surface area contributed by atoms with Crippen molar-refractivity contribution in [2.75, 3.05) is 4.72 Å². The molecule has 0 radical (unpaired) electrons. The van der Waals surface area contributed by atoms with Crippen molar-refractivity contribution < 1.29 is 13.2 Å². The number of rotatable bonds is 7. The maximum atomic E-state index is 12.7. The zero-order valence-electron chi connectivity index (χ0n) is 16.4. The Bertz CT molecular complexity index is 1080. The van der Waals surface area contributed by atoms with Crippen LogP contribution in [-0.2, 0) is 10.0 Å². The van der Waals surface area contributed by atoms with E-state index in [1.165, 1.54) is 0 Å². The number of carbonyl (C=O) groups excluding carboxylic acids is 1. The first-order chi connectivity index (χ1) is 13.9. The van der Waals surface area contributed by atoms with Crippen LogP contribution in [0.3, 0.4) is 0 Å². The fourth-order valence-electron chi connectivity index (χ4n) is 3.00. The molecule has 29 heavy (non-hydrogen) atoms. The van der Waals surface area contributed by atoms with E-state index < -0.39 is 10.0 Å². The highest BCUT2D eigenvalue weighted by molar-refractivity contribution is 7.92. The Balaban J connectivity index is 1.76. The van der Waals surface area contributed by atoms with Crippen molar-refractivity contribution in [3.05, 3.63) is 95.6 Å². The minimum Gasteiger partial charge on any atom is -0.345 e. The number of aryl methyl sites for hydroxylation is 1. The second kappa shape index (κ2) is 8.92. The lowest BCUT2D eigenvalue weighted by Gasteiger charge is -2.18. The molecule has 5 nitrogen and oxygen atoms in total. The molecular weight excluding hydrogens is 384 g/mol. The molecule has 2 N–H and O–H groups in total. The summed E-state index contributed by atoms with van der Waals surface area (Å²) >= 11 is 0. The van der Waals surface area contributed by atoms with Crippen molar-refractivity contribution in [3.8, 4) is 0 Å². The number of hydrogen-bond donors (Lipinski definition) is 2. The van der Waals surface area contributed by atoms with Gasteiger partial charge in [0.1, 0.15) is 0 Å². The van der Waals surface area contributed by atoms with Crippen molar-refractivity contribution in [1.29, 1.82) is 0 Å². The van der Waals surface area contributed by atoms with Crippen LogP contribution in [0.2, 0.25) is 0 Å². The SMILES string of the molecule is CC[C@H](NC(=O)c1cccc(NS(=O)(=O)c2ccc(C)cc2)c1)c1ccccc1. The highest BCUT2D eigenvalue weighted by Gasteiger charge is 2.17. The molecule has 6 heteroatoms. The van der Waals surface area contributed by atoms with Gasteiger partial charge in [0.25, 0.3) is 15.9 Å². The average Bonchev–Trinajstić information content (AvgIpc) is 2.72. The third kappa shape index (κ3) is 5.23. The lowest BCUT2D eigenvalue weighted by atomic mass is 10.0. The summed E-state index contributed by atoms with van der Waals surface area (Å²) < 4.78 is 27.7. The normalized spacial score (nSPS) is 12.2. The lowest BCUT2D eigenvalue weighted by molar-refractivity contribution is 0.0935. The maximum Gasteiger partial charge on any atom is 0.261 e. The topological polar surface area (TPSA) is 75.3 Å². The molecule has 0 saturated heterocycles. The number of sulfonamides is 1. The molecule has 3 aromatic rings. The van der Waals surface area contributed by atoms with Gasteiger partial charge in [0.05, 0.1) is 10.9 Å². The predicted octanol–water partition coefficient (Wildman–Crippen LogP) is 4.68. The summed E-state index contributed by atoms with van der Waals surface area (Å²) in [6.07, 6.45) is 0.746. The first kappa shape index (κ1) is 20.6. The molecule has 0 fully saturated rings. The number of anilines is 1. The molecule has 0 saturated carbocycles. The largest absolute Gasteiger partial charge is 0.345 e. The third-order valence-corrected chi connectivity index (χ3v) is 6.02. The molecule has 150 valence electrons. The van der Waals surface area contributed by atoms with Gasteiger partial charge in [0.2, 0.25) is 0 Å². The highest BCUT2D eigenvalue weighted by Crippen LogP contribution is 2.20. The Morgan fingerprint density at radius 1 is 0.931 bits per heavy atom. The number of amides is 1. The fourth-order valence-corrected chi connectivity index (χ4v) is 4.05. The predicted molar refractivity (Wildman–Crippen MR) is 115 cm³/mol. The minimum absolute atomic E-state index is 0.114. The molecule has 1 amide bonds. The third-order valence-electron chi connectivity index (χ3n) is 4.62. The number of hydrogen-bond acceptors (Lipinski definition) is 3. The number of carbonyl (C=O) groups is 1. The summed E-state index contributed by atoms with van der Waals surface area (Å²) in [6, 6.07) is 22.7. The minimum atomic E-state index is -3.72. The van der Waals surface area contributed by atoms with Crippen LogP contribution in [0.25, 0.3) is 0 Å². The van der Waals surface area contributed by atoms with Gasteiger partial charge in [-0.15, -0.1) is 0 Å². The van der Waals surface area contributed by atoms with Crippen LogP contribution in [-0.4, -0.2) is 14.3 Å². The van der Waals surface area contributed by atoms with E-state index in [4.69, 9.17) is 0 Å². The summed E-state index contributed by atoms with van der Waals surface area (Å²) in [5.74, 6) is -0.253. The molecule has 1 atom stereocenters. The van der Waals surface area contributed by atoms with E-state index in [1.807, 2.05) is 44.2 Å². The van der Waals surface area contributed by atoms with Crippen LogP contribution in [0, 0.1) is 6.92 Å². The van der Waals surface area contributed by atoms with Crippen LogP contribution in [0.15, 0.2) is 83.8 Å². The van der Waals surface area contributed by atoms with Crippen LogP contribution >= 0.6 is 0 Å². The molecule has 0 heterocycles. The lowest BCUT2D eigenvalue weighted by Crippen LogP contribution is -2.28. The van der Waals surface area contributed by atoms with Gasteiger partial charge in [-0.3, -0.25) is 9.52 Å². The van der Waals surface area contributed by atoms with Crippen LogP contribution in [0.4, 0.5) is 5.69 Å². The van der Waals surface area contributed by atoms with Gasteiger partial charge in [-0.2, -0.15) is 0 Å². The molecule has 0 unspecified atom stereocenters. The molecule has 0 spiro atoms. The van der Waals surface area contributed by atoms with Crippen LogP contribution < -0.4 is 10.0 Å². The zero-order chi connectivity index (χ0) is 20.9. The van der Waals surface area contributed by atoms with Gasteiger partial charge < -0.3 is 5.32 Å². The van der Waals surface area contributed by atoms with Gasteiger partial charge in [0.15, 0.2) is 0 Å². The quantitative estimate of drug-likeness (QED) is 0.596. The zero-order valence-corrected chi connectivity index (χ0v) is 17.2. The molecular formula is C23H24N2O3S. The first-order valence-corrected chi connectivity index (χ1v) is 10.9. The Morgan fingerprint density at radius 3 is 2.28 bits per heavy atom. The van der Waals surface area contributed by atoms with E-state index >= 15 is 0 Å². The second-order valence-corrected chi connectivity index (χ2v) is 8.53. The average molecular weight is 409 g/mol. The van der Waals surface area contributed by atoms with Gasteiger partial charge in [-0.25, -0.2) is 8.42 Å². The van der Waals surface area contributed by atoms with E-state index in [2.05, 4.69) is 10.0 Å². The van der Waals surface area contributed by atoms with Crippen molar-refractivity contribution in [1.82, 2.24) is 5.32 Å². The molecule has 0 aliphatic heterocycles. The Hall–Kier alpha value is -3.12. The molecule has 0 bridgehead atoms. The fraction of sp³-hybridized carbons (Fsp3) is 0.174. The van der Waals surface area contributed by atoms with E-state index in [0.29, 0.717) is 11.3 Å². The Kier molecular flexibility index (Phi) is 6.34. The Labute approximate surface area is 171 Å². The monoisotopic (exact) mass is 408 g/mol. The molecule has 3 rings (SSSR count). The van der Waals surface area contributed by atoms with Crippen LogP contribution in [0.1, 0.15) is 40.9 Å². The summed E-state index contributed by atoms with van der Waals surface area (Å²) in [5, 5.41) is 3.01. The standard InChI is InChI=1S/C23H24N2O3S/c1-3-22(18-8-5-4-6-9-18)24-23(26)19-10-7-11-20(16-19)25-29(27,28)21-14-12-17(2)13-15-21/h4-16,22,25H,3H2,1-2H3,(H,24,26)/t22-/m0/s1. The second-order valence-electron chi connectivity index (χ2n) is 6.84. The summed E-state index contributed by atoms with van der Waals surface area (Å²) in [5.41, 5.74) is 2.74. The molecule has 0 aromatic heterocycles. The Morgan fingerprint density at radius 2 is 1.62 bits per heavy atom. The molecule has 0 aliphatic rings. The van der Waals surface area contributed by atoms with Gasteiger partial charge in [0, 0.05) is 11.3 Å². The van der Waals surface area contributed by atoms with Gasteiger partial charge >= 0.3 is 0 Å². The first-order valence-electron chi connectivity index (χ1n) is 9.44.